The first-order valence-corrected chi connectivity index (χ1v) is 8.02. The first kappa shape index (κ1) is 13.2. The van der Waals surface area contributed by atoms with E-state index < -0.39 is 0 Å². The molecule has 0 aliphatic rings. The highest BCUT2D eigenvalue weighted by atomic mass is 14.8. The van der Waals surface area contributed by atoms with Crippen molar-refractivity contribution in [1.29, 1.82) is 0 Å². The summed E-state index contributed by atoms with van der Waals surface area (Å²) in [6.07, 6.45) is 1.67. The molecule has 0 spiro atoms. The first-order chi connectivity index (χ1) is 11.9. The van der Waals surface area contributed by atoms with Gasteiger partial charge in [-0.3, -0.25) is 0 Å². The van der Waals surface area contributed by atoms with Crippen LogP contribution >= 0.6 is 0 Å². The molecular weight excluding hydrogens is 292 g/mol. The Hall–Kier alpha value is -3.26. The molecule has 0 amide bonds. The molecule has 24 heavy (non-hydrogen) atoms. The molecule has 2 nitrogen and oxygen atoms in total. The lowest BCUT2D eigenvalue weighted by Crippen LogP contribution is -1.90. The quantitative estimate of drug-likeness (QED) is 0.376. The Morgan fingerprint density at radius 3 is 2.21 bits per heavy atom. The van der Waals surface area contributed by atoms with Crippen LogP contribution in [0.4, 0.5) is 0 Å². The number of hydrogen-bond acceptors (Lipinski definition) is 2. The third-order valence-corrected chi connectivity index (χ3v) is 4.55. The van der Waals surface area contributed by atoms with Gasteiger partial charge in [0.2, 0.25) is 0 Å². The van der Waals surface area contributed by atoms with E-state index in [1.807, 2.05) is 0 Å². The van der Waals surface area contributed by atoms with Crippen LogP contribution in [0.3, 0.4) is 0 Å². The molecule has 0 unspecified atom stereocenters. The molecule has 5 aromatic rings. The molecule has 5 rings (SSSR count). The Kier molecular flexibility index (Phi) is 2.83. The Balaban J connectivity index is 1.83. The minimum absolute atomic E-state index is 0.983. The van der Waals surface area contributed by atoms with Gasteiger partial charge in [-0.2, -0.15) is 0 Å². The van der Waals surface area contributed by atoms with Gasteiger partial charge in [0.05, 0.1) is 11.2 Å². The highest BCUT2D eigenvalue weighted by Gasteiger charge is 2.09. The van der Waals surface area contributed by atoms with Gasteiger partial charge >= 0.3 is 0 Å². The van der Waals surface area contributed by atoms with E-state index in [2.05, 4.69) is 88.8 Å². The molecule has 0 radical (unpaired) electrons. The van der Waals surface area contributed by atoms with Gasteiger partial charge in [0, 0.05) is 16.3 Å². The Morgan fingerprint density at radius 2 is 1.29 bits per heavy atom. The van der Waals surface area contributed by atoms with Gasteiger partial charge < -0.3 is 0 Å². The second kappa shape index (κ2) is 5.14. The van der Waals surface area contributed by atoms with Crippen molar-refractivity contribution in [2.45, 2.75) is 0 Å². The first-order valence-electron chi connectivity index (χ1n) is 8.02. The average molecular weight is 306 g/mol. The maximum atomic E-state index is 4.58. The smallest absolute Gasteiger partial charge is 0.116 e. The second-order valence-corrected chi connectivity index (χ2v) is 5.97. The lowest BCUT2D eigenvalue weighted by atomic mass is 10.00. The van der Waals surface area contributed by atoms with Crippen molar-refractivity contribution in [3.63, 3.8) is 0 Å². The lowest BCUT2D eigenvalue weighted by molar-refractivity contribution is 1.23. The van der Waals surface area contributed by atoms with Gasteiger partial charge in [-0.05, 0) is 28.3 Å². The standard InChI is InChI=1S/C22H14N2/c1-2-7-17-13-18(10-9-15(17)5-1)21-20-12-11-16-6-3-4-8-19(16)22(20)24-14-23-21/h1-14H. The Bertz CT molecular complexity index is 1210. The number of nitrogens with zero attached hydrogens (tertiary/aromatic N) is 2. The Morgan fingerprint density at radius 1 is 0.542 bits per heavy atom. The number of aromatic nitrogens is 2. The topological polar surface area (TPSA) is 25.8 Å². The van der Waals surface area contributed by atoms with Gasteiger partial charge in [0.15, 0.2) is 0 Å². The monoisotopic (exact) mass is 306 g/mol. The van der Waals surface area contributed by atoms with Crippen LogP contribution in [0.15, 0.2) is 85.2 Å². The van der Waals surface area contributed by atoms with Crippen molar-refractivity contribution in [2.75, 3.05) is 0 Å². The van der Waals surface area contributed by atoms with E-state index in [1.165, 1.54) is 21.5 Å². The molecule has 0 atom stereocenters. The molecular formula is C22H14N2. The molecule has 0 N–H and O–H groups in total. The van der Waals surface area contributed by atoms with E-state index in [0.717, 1.165) is 22.2 Å². The predicted molar refractivity (Wildman–Crippen MR) is 100.0 cm³/mol. The van der Waals surface area contributed by atoms with E-state index in [9.17, 15) is 0 Å². The molecule has 1 aromatic heterocycles. The SMILES string of the molecule is c1ccc2cc(-c3ncnc4c3ccc3ccccc34)ccc2c1. The number of rotatable bonds is 1. The summed E-state index contributed by atoms with van der Waals surface area (Å²) in [5, 5.41) is 5.92. The van der Waals surface area contributed by atoms with Crippen LogP contribution < -0.4 is 0 Å². The Labute approximate surface area is 139 Å². The summed E-state index contributed by atoms with van der Waals surface area (Å²) in [6, 6.07) is 27.5. The van der Waals surface area contributed by atoms with Crippen molar-refractivity contribution >= 4 is 32.4 Å². The molecule has 0 fully saturated rings. The molecule has 0 aliphatic carbocycles. The average Bonchev–Trinajstić information content (AvgIpc) is 2.67. The van der Waals surface area contributed by atoms with Crippen LogP contribution in [0.25, 0.3) is 43.7 Å². The van der Waals surface area contributed by atoms with Crippen molar-refractivity contribution in [3.05, 3.63) is 85.2 Å². The molecule has 2 heteroatoms. The van der Waals surface area contributed by atoms with Crippen LogP contribution in [0.2, 0.25) is 0 Å². The maximum absolute atomic E-state index is 4.58. The summed E-state index contributed by atoms with van der Waals surface area (Å²) in [6.45, 7) is 0. The summed E-state index contributed by atoms with van der Waals surface area (Å²) < 4.78 is 0. The summed E-state index contributed by atoms with van der Waals surface area (Å²) in [7, 11) is 0. The molecule has 0 aliphatic heterocycles. The van der Waals surface area contributed by atoms with E-state index in [1.54, 1.807) is 6.33 Å². The number of fused-ring (bicyclic) bond motifs is 4. The fourth-order valence-corrected chi connectivity index (χ4v) is 3.37. The van der Waals surface area contributed by atoms with Crippen LogP contribution in [-0.2, 0) is 0 Å². The number of hydrogen-bond donors (Lipinski definition) is 0. The van der Waals surface area contributed by atoms with E-state index in [4.69, 9.17) is 0 Å². The normalized spacial score (nSPS) is 11.3. The van der Waals surface area contributed by atoms with Gasteiger partial charge in [-0.1, -0.05) is 66.7 Å². The minimum Gasteiger partial charge on any atom is -0.236 e. The molecule has 0 saturated carbocycles. The van der Waals surface area contributed by atoms with Gasteiger partial charge in [0.25, 0.3) is 0 Å². The molecule has 4 aromatic carbocycles. The van der Waals surface area contributed by atoms with Crippen LogP contribution in [0, 0.1) is 0 Å². The van der Waals surface area contributed by atoms with Gasteiger partial charge in [0.1, 0.15) is 6.33 Å². The third kappa shape index (κ3) is 1.97. The third-order valence-electron chi connectivity index (χ3n) is 4.55. The largest absolute Gasteiger partial charge is 0.236 e. The molecule has 0 saturated heterocycles. The second-order valence-electron chi connectivity index (χ2n) is 5.97. The van der Waals surface area contributed by atoms with E-state index in [0.29, 0.717) is 0 Å². The van der Waals surface area contributed by atoms with Crippen LogP contribution in [-0.4, -0.2) is 9.97 Å². The number of benzene rings is 4. The maximum Gasteiger partial charge on any atom is 0.116 e. The minimum atomic E-state index is 0.983. The summed E-state index contributed by atoms with van der Waals surface area (Å²) in [4.78, 5) is 9.13. The van der Waals surface area contributed by atoms with Crippen molar-refractivity contribution in [2.24, 2.45) is 0 Å². The van der Waals surface area contributed by atoms with Crippen LogP contribution in [0.5, 0.6) is 0 Å². The molecule has 1 heterocycles. The van der Waals surface area contributed by atoms with Crippen molar-refractivity contribution < 1.29 is 0 Å². The fourth-order valence-electron chi connectivity index (χ4n) is 3.37. The summed E-state index contributed by atoms with van der Waals surface area (Å²) in [5.74, 6) is 0. The summed E-state index contributed by atoms with van der Waals surface area (Å²) >= 11 is 0. The lowest BCUT2D eigenvalue weighted by Gasteiger charge is -2.08. The summed E-state index contributed by atoms with van der Waals surface area (Å²) in [5.41, 5.74) is 3.11. The fraction of sp³-hybridized carbons (Fsp3) is 0. The highest BCUT2D eigenvalue weighted by molar-refractivity contribution is 6.09. The highest BCUT2D eigenvalue weighted by Crippen LogP contribution is 2.31. The van der Waals surface area contributed by atoms with Gasteiger partial charge in [-0.25, -0.2) is 9.97 Å². The van der Waals surface area contributed by atoms with E-state index in [-0.39, 0.29) is 0 Å². The molecule has 112 valence electrons. The van der Waals surface area contributed by atoms with Crippen molar-refractivity contribution in [3.8, 4) is 11.3 Å². The molecule has 0 bridgehead atoms. The predicted octanol–water partition coefficient (Wildman–Crippen LogP) is 5.60. The van der Waals surface area contributed by atoms with Gasteiger partial charge in [-0.15, -0.1) is 0 Å². The zero-order valence-electron chi connectivity index (χ0n) is 13.0. The van der Waals surface area contributed by atoms with E-state index >= 15 is 0 Å². The zero-order valence-corrected chi connectivity index (χ0v) is 13.0. The van der Waals surface area contributed by atoms with Crippen LogP contribution in [0.1, 0.15) is 0 Å². The zero-order chi connectivity index (χ0) is 15.9. The van der Waals surface area contributed by atoms with Crippen molar-refractivity contribution in [1.82, 2.24) is 9.97 Å².